The van der Waals surface area contributed by atoms with Gasteiger partial charge >= 0.3 is 5.97 Å². The lowest BCUT2D eigenvalue weighted by Crippen LogP contribution is -2.55. The molecule has 1 amide bonds. The summed E-state index contributed by atoms with van der Waals surface area (Å²) in [5.74, 6) is -0.424. The van der Waals surface area contributed by atoms with Crippen molar-refractivity contribution in [3.8, 4) is 0 Å². The van der Waals surface area contributed by atoms with Crippen molar-refractivity contribution in [2.75, 3.05) is 19.6 Å². The first-order valence-electron chi connectivity index (χ1n) is 6.41. The average molecular weight is 240 g/mol. The Morgan fingerprint density at radius 2 is 2.06 bits per heavy atom. The van der Waals surface area contributed by atoms with Gasteiger partial charge in [-0.1, -0.05) is 0 Å². The van der Waals surface area contributed by atoms with E-state index >= 15 is 0 Å². The first kappa shape index (κ1) is 12.4. The summed E-state index contributed by atoms with van der Waals surface area (Å²) in [6.45, 7) is 2.36. The Kier molecular flexibility index (Phi) is 3.99. The van der Waals surface area contributed by atoms with Gasteiger partial charge in [0.2, 0.25) is 5.91 Å². The number of hydrogen-bond acceptors (Lipinski definition) is 3. The molecule has 2 heterocycles. The molecule has 96 valence electrons. The zero-order chi connectivity index (χ0) is 12.3. The van der Waals surface area contributed by atoms with E-state index in [1.54, 1.807) is 0 Å². The zero-order valence-electron chi connectivity index (χ0n) is 10.0. The zero-order valence-corrected chi connectivity index (χ0v) is 10.0. The van der Waals surface area contributed by atoms with Gasteiger partial charge in [-0.2, -0.15) is 0 Å². The summed E-state index contributed by atoms with van der Waals surface area (Å²) >= 11 is 0. The highest BCUT2D eigenvalue weighted by atomic mass is 16.4. The van der Waals surface area contributed by atoms with E-state index in [2.05, 4.69) is 5.32 Å². The normalized spacial score (nSPS) is 25.4. The SMILES string of the molecule is O=C(O)CCC1CCCCN1C(=O)C1CNC1. The smallest absolute Gasteiger partial charge is 0.303 e. The minimum absolute atomic E-state index is 0.125. The van der Waals surface area contributed by atoms with Crippen LogP contribution in [0.1, 0.15) is 32.1 Å². The van der Waals surface area contributed by atoms with E-state index in [-0.39, 0.29) is 24.3 Å². The molecule has 5 heteroatoms. The molecule has 1 unspecified atom stereocenters. The molecule has 2 fully saturated rings. The van der Waals surface area contributed by atoms with Crippen LogP contribution in [0.4, 0.5) is 0 Å². The molecule has 0 aromatic carbocycles. The van der Waals surface area contributed by atoms with Crippen LogP contribution in [0.3, 0.4) is 0 Å². The van der Waals surface area contributed by atoms with Crippen molar-refractivity contribution < 1.29 is 14.7 Å². The van der Waals surface area contributed by atoms with Gasteiger partial charge < -0.3 is 15.3 Å². The number of amides is 1. The third-order valence-corrected chi connectivity index (χ3v) is 3.73. The summed E-state index contributed by atoms with van der Waals surface area (Å²) in [5, 5.41) is 11.8. The Balaban J connectivity index is 1.91. The number of rotatable bonds is 4. The number of carbonyl (C=O) groups is 2. The van der Waals surface area contributed by atoms with Crippen LogP contribution in [-0.2, 0) is 9.59 Å². The van der Waals surface area contributed by atoms with Crippen LogP contribution in [0.2, 0.25) is 0 Å². The van der Waals surface area contributed by atoms with Crippen molar-refractivity contribution in [1.82, 2.24) is 10.2 Å². The number of carbonyl (C=O) groups excluding carboxylic acids is 1. The highest BCUT2D eigenvalue weighted by Crippen LogP contribution is 2.23. The third-order valence-electron chi connectivity index (χ3n) is 3.73. The Hall–Kier alpha value is -1.10. The molecule has 2 N–H and O–H groups in total. The summed E-state index contributed by atoms with van der Waals surface area (Å²) in [7, 11) is 0. The lowest BCUT2D eigenvalue weighted by molar-refractivity contribution is -0.143. The van der Waals surface area contributed by atoms with Crippen LogP contribution in [0, 0.1) is 5.92 Å². The fraction of sp³-hybridized carbons (Fsp3) is 0.833. The molecule has 2 aliphatic heterocycles. The van der Waals surface area contributed by atoms with E-state index in [1.165, 1.54) is 0 Å². The van der Waals surface area contributed by atoms with Crippen molar-refractivity contribution in [1.29, 1.82) is 0 Å². The fourth-order valence-electron chi connectivity index (χ4n) is 2.58. The van der Waals surface area contributed by atoms with E-state index in [1.807, 2.05) is 4.90 Å². The quantitative estimate of drug-likeness (QED) is 0.748. The highest BCUT2D eigenvalue weighted by Gasteiger charge is 2.34. The molecule has 17 heavy (non-hydrogen) atoms. The van der Waals surface area contributed by atoms with Crippen LogP contribution >= 0.6 is 0 Å². The second kappa shape index (κ2) is 5.49. The number of piperidine rings is 1. The van der Waals surface area contributed by atoms with E-state index in [9.17, 15) is 9.59 Å². The van der Waals surface area contributed by atoms with Crippen molar-refractivity contribution in [3.05, 3.63) is 0 Å². The summed E-state index contributed by atoms with van der Waals surface area (Å²) in [5.41, 5.74) is 0. The number of nitrogens with one attached hydrogen (secondary N) is 1. The molecule has 2 saturated heterocycles. The number of nitrogens with zero attached hydrogens (tertiary/aromatic N) is 1. The van der Waals surface area contributed by atoms with Gasteiger partial charge in [-0.25, -0.2) is 0 Å². The van der Waals surface area contributed by atoms with Gasteiger partial charge in [-0.05, 0) is 25.7 Å². The molecular formula is C12H20N2O3. The maximum atomic E-state index is 12.2. The second-order valence-corrected chi connectivity index (χ2v) is 4.97. The van der Waals surface area contributed by atoms with Gasteiger partial charge in [0.05, 0.1) is 5.92 Å². The van der Waals surface area contributed by atoms with Crippen LogP contribution in [0.25, 0.3) is 0 Å². The Labute approximate surface area is 101 Å². The summed E-state index contributed by atoms with van der Waals surface area (Å²) in [6, 6.07) is 0.146. The molecule has 0 aromatic heterocycles. The molecule has 0 radical (unpaired) electrons. The highest BCUT2D eigenvalue weighted by molar-refractivity contribution is 5.80. The predicted octanol–water partition coefficient (Wildman–Crippen LogP) is 0.452. The number of aliphatic carboxylic acids is 1. The van der Waals surface area contributed by atoms with E-state index in [4.69, 9.17) is 5.11 Å². The molecule has 0 aromatic rings. The second-order valence-electron chi connectivity index (χ2n) is 4.97. The van der Waals surface area contributed by atoms with Crippen molar-refractivity contribution in [2.24, 2.45) is 5.92 Å². The lowest BCUT2D eigenvalue weighted by atomic mass is 9.94. The number of carboxylic acids is 1. The largest absolute Gasteiger partial charge is 0.481 e. The lowest BCUT2D eigenvalue weighted by Gasteiger charge is -2.40. The first-order chi connectivity index (χ1) is 8.18. The number of hydrogen-bond donors (Lipinski definition) is 2. The molecule has 2 rings (SSSR count). The molecule has 0 saturated carbocycles. The molecule has 0 aliphatic carbocycles. The number of likely N-dealkylation sites (tertiary alicyclic amines) is 1. The number of carboxylic acid groups (broad SMARTS) is 1. The third kappa shape index (κ3) is 2.97. The van der Waals surface area contributed by atoms with Gasteiger partial charge in [0.1, 0.15) is 0 Å². The maximum Gasteiger partial charge on any atom is 0.303 e. The van der Waals surface area contributed by atoms with Crippen molar-refractivity contribution in [3.63, 3.8) is 0 Å². The van der Waals surface area contributed by atoms with Gasteiger partial charge in [0.15, 0.2) is 0 Å². The molecule has 2 aliphatic rings. The molecule has 0 spiro atoms. The standard InChI is InChI=1S/C12H20N2O3/c15-11(16)5-4-10-3-1-2-6-14(10)12(17)9-7-13-8-9/h9-10,13H,1-8H2,(H,15,16). The topological polar surface area (TPSA) is 69.6 Å². The van der Waals surface area contributed by atoms with E-state index < -0.39 is 5.97 Å². The summed E-state index contributed by atoms with van der Waals surface area (Å²) in [4.78, 5) is 24.7. The van der Waals surface area contributed by atoms with Crippen LogP contribution in [0.15, 0.2) is 0 Å². The minimum Gasteiger partial charge on any atom is -0.481 e. The molecule has 0 bridgehead atoms. The Morgan fingerprint density at radius 3 is 2.65 bits per heavy atom. The van der Waals surface area contributed by atoms with E-state index in [0.29, 0.717) is 6.42 Å². The van der Waals surface area contributed by atoms with E-state index in [0.717, 1.165) is 38.9 Å². The van der Waals surface area contributed by atoms with Gasteiger partial charge in [0.25, 0.3) is 0 Å². The van der Waals surface area contributed by atoms with Crippen molar-refractivity contribution in [2.45, 2.75) is 38.1 Å². The summed E-state index contributed by atoms with van der Waals surface area (Å²) < 4.78 is 0. The predicted molar refractivity (Wildman–Crippen MR) is 62.6 cm³/mol. The maximum absolute atomic E-state index is 12.2. The van der Waals surface area contributed by atoms with Crippen LogP contribution < -0.4 is 5.32 Å². The van der Waals surface area contributed by atoms with Crippen LogP contribution in [-0.4, -0.2) is 47.6 Å². The first-order valence-corrected chi connectivity index (χ1v) is 6.41. The van der Waals surface area contributed by atoms with Crippen molar-refractivity contribution >= 4 is 11.9 Å². The monoisotopic (exact) mass is 240 g/mol. The average Bonchev–Trinajstić information content (AvgIpc) is 2.24. The van der Waals surface area contributed by atoms with Gasteiger partial charge in [-0.3, -0.25) is 9.59 Å². The fourth-order valence-corrected chi connectivity index (χ4v) is 2.58. The van der Waals surface area contributed by atoms with Gasteiger partial charge in [-0.15, -0.1) is 0 Å². The molecule has 1 atom stereocenters. The molecule has 5 nitrogen and oxygen atoms in total. The Morgan fingerprint density at radius 1 is 1.29 bits per heavy atom. The molecular weight excluding hydrogens is 220 g/mol. The van der Waals surface area contributed by atoms with Crippen LogP contribution in [0.5, 0.6) is 0 Å². The van der Waals surface area contributed by atoms with Gasteiger partial charge in [0, 0.05) is 32.1 Å². The minimum atomic E-state index is -0.770. The Bertz CT molecular complexity index is 302. The summed E-state index contributed by atoms with van der Waals surface area (Å²) in [6.07, 6.45) is 3.88.